The maximum Gasteiger partial charge on any atom is 0.319 e. The molecule has 6 heteroatoms. The molecule has 20 heavy (non-hydrogen) atoms. The van der Waals surface area contributed by atoms with Gasteiger partial charge in [-0.1, -0.05) is 12.1 Å². The van der Waals surface area contributed by atoms with E-state index in [4.69, 9.17) is 5.11 Å². The maximum atomic E-state index is 11.6. The minimum absolute atomic E-state index is 0.0818. The van der Waals surface area contributed by atoms with Crippen LogP contribution in [0.15, 0.2) is 24.3 Å². The molecular weight excluding hydrogens is 258 g/mol. The van der Waals surface area contributed by atoms with E-state index in [-0.39, 0.29) is 12.5 Å². The van der Waals surface area contributed by atoms with Crippen molar-refractivity contribution >= 4 is 17.7 Å². The lowest BCUT2D eigenvalue weighted by molar-refractivity contribution is -0.136. The number of urea groups is 1. The number of nitrogens with zero attached hydrogens (tertiary/aromatic N) is 1. The van der Waals surface area contributed by atoms with Crippen LogP contribution in [0.1, 0.15) is 12.0 Å². The third kappa shape index (κ3) is 6.75. The van der Waals surface area contributed by atoms with Gasteiger partial charge < -0.3 is 20.6 Å². The standard InChI is InChI=1S/C14H21N3O3/c1-17(2)9-8-15-14(20)16-12-5-3-4-11(10-12)6-7-13(18)19/h3-5,10H,6-9H2,1-2H3,(H,18,19)(H2,15,16,20). The summed E-state index contributed by atoms with van der Waals surface area (Å²) in [7, 11) is 3.87. The van der Waals surface area contributed by atoms with E-state index in [9.17, 15) is 9.59 Å². The van der Waals surface area contributed by atoms with Crippen LogP contribution in [-0.2, 0) is 11.2 Å². The first-order chi connectivity index (χ1) is 9.47. The largest absolute Gasteiger partial charge is 0.481 e. The van der Waals surface area contributed by atoms with Crippen molar-refractivity contribution in [3.05, 3.63) is 29.8 Å². The average Bonchev–Trinajstić information content (AvgIpc) is 2.36. The molecule has 1 aromatic rings. The number of anilines is 1. The van der Waals surface area contributed by atoms with Gasteiger partial charge in [-0.05, 0) is 38.2 Å². The van der Waals surface area contributed by atoms with Gasteiger partial charge in [-0.15, -0.1) is 0 Å². The number of nitrogens with one attached hydrogen (secondary N) is 2. The van der Waals surface area contributed by atoms with Gasteiger partial charge in [-0.25, -0.2) is 4.79 Å². The summed E-state index contributed by atoms with van der Waals surface area (Å²) in [6, 6.07) is 6.94. The Labute approximate surface area is 118 Å². The number of hydrogen-bond acceptors (Lipinski definition) is 3. The number of rotatable bonds is 7. The monoisotopic (exact) mass is 279 g/mol. The van der Waals surface area contributed by atoms with Crippen molar-refractivity contribution in [3.8, 4) is 0 Å². The van der Waals surface area contributed by atoms with Gasteiger partial charge in [0.25, 0.3) is 0 Å². The highest BCUT2D eigenvalue weighted by Gasteiger charge is 2.03. The second-order valence-corrected chi connectivity index (χ2v) is 4.78. The van der Waals surface area contributed by atoms with Gasteiger partial charge >= 0.3 is 12.0 Å². The molecular formula is C14H21N3O3. The molecule has 0 aromatic heterocycles. The van der Waals surface area contributed by atoms with E-state index in [0.29, 0.717) is 18.7 Å². The molecule has 0 bridgehead atoms. The molecule has 0 heterocycles. The summed E-state index contributed by atoms with van der Waals surface area (Å²) in [5.74, 6) is -0.829. The van der Waals surface area contributed by atoms with Gasteiger partial charge in [-0.2, -0.15) is 0 Å². The highest BCUT2D eigenvalue weighted by Crippen LogP contribution is 2.12. The SMILES string of the molecule is CN(C)CCNC(=O)Nc1cccc(CCC(=O)O)c1. The van der Waals surface area contributed by atoms with Crippen molar-refractivity contribution in [2.45, 2.75) is 12.8 Å². The van der Waals surface area contributed by atoms with E-state index >= 15 is 0 Å². The van der Waals surface area contributed by atoms with Gasteiger partial charge in [-0.3, -0.25) is 4.79 Å². The molecule has 0 spiro atoms. The summed E-state index contributed by atoms with van der Waals surface area (Å²) in [6.07, 6.45) is 0.533. The number of carboxylic acids is 1. The molecule has 0 unspecified atom stereocenters. The van der Waals surface area contributed by atoms with Crippen LogP contribution in [0, 0.1) is 0 Å². The van der Waals surface area contributed by atoms with Gasteiger partial charge in [0.15, 0.2) is 0 Å². The number of carbonyl (C=O) groups is 2. The second kappa shape index (κ2) is 8.16. The van der Waals surface area contributed by atoms with Gasteiger partial charge in [0.1, 0.15) is 0 Å². The molecule has 110 valence electrons. The van der Waals surface area contributed by atoms with Crippen molar-refractivity contribution < 1.29 is 14.7 Å². The summed E-state index contributed by atoms with van der Waals surface area (Å²) >= 11 is 0. The minimum atomic E-state index is -0.829. The van der Waals surface area contributed by atoms with Crippen LogP contribution in [0.4, 0.5) is 10.5 Å². The van der Waals surface area contributed by atoms with Gasteiger partial charge in [0.2, 0.25) is 0 Å². The number of benzene rings is 1. The summed E-state index contributed by atoms with van der Waals surface area (Å²) in [5.41, 5.74) is 1.55. The molecule has 0 saturated carbocycles. The summed E-state index contributed by atoms with van der Waals surface area (Å²) in [5, 5.41) is 14.1. The lowest BCUT2D eigenvalue weighted by atomic mass is 10.1. The molecule has 0 radical (unpaired) electrons. The molecule has 3 N–H and O–H groups in total. The summed E-state index contributed by atoms with van der Waals surface area (Å²) in [6.45, 7) is 1.34. The van der Waals surface area contributed by atoms with Crippen LogP contribution in [-0.4, -0.2) is 49.2 Å². The smallest absolute Gasteiger partial charge is 0.319 e. The first kappa shape index (κ1) is 16.0. The van der Waals surface area contributed by atoms with Crippen LogP contribution < -0.4 is 10.6 Å². The number of hydrogen-bond donors (Lipinski definition) is 3. The number of carboxylic acid groups (broad SMARTS) is 1. The zero-order chi connectivity index (χ0) is 15.0. The number of carbonyl (C=O) groups excluding carboxylic acids is 1. The molecule has 6 nitrogen and oxygen atoms in total. The van der Waals surface area contributed by atoms with Crippen LogP contribution in [0.2, 0.25) is 0 Å². The lowest BCUT2D eigenvalue weighted by Gasteiger charge is -2.11. The quantitative estimate of drug-likeness (QED) is 0.704. The molecule has 2 amide bonds. The van der Waals surface area contributed by atoms with Crippen molar-refractivity contribution in [1.82, 2.24) is 10.2 Å². The average molecular weight is 279 g/mol. The van der Waals surface area contributed by atoms with E-state index in [1.807, 2.05) is 25.1 Å². The predicted octanol–water partition coefficient (Wildman–Crippen LogP) is 1.39. The third-order valence-electron chi connectivity index (χ3n) is 2.66. The minimum Gasteiger partial charge on any atom is -0.481 e. The number of amides is 2. The highest BCUT2D eigenvalue weighted by molar-refractivity contribution is 5.89. The van der Waals surface area contributed by atoms with E-state index in [1.54, 1.807) is 18.2 Å². The Morgan fingerprint density at radius 3 is 2.70 bits per heavy atom. The van der Waals surface area contributed by atoms with Crippen molar-refractivity contribution in [2.24, 2.45) is 0 Å². The molecule has 1 rings (SSSR count). The van der Waals surface area contributed by atoms with Gasteiger partial charge in [0.05, 0.1) is 0 Å². The summed E-state index contributed by atoms with van der Waals surface area (Å²) < 4.78 is 0. The number of likely N-dealkylation sites (N-methyl/N-ethyl adjacent to an activating group) is 1. The van der Waals surface area contributed by atoms with Crippen molar-refractivity contribution in [2.75, 3.05) is 32.5 Å². The zero-order valence-corrected chi connectivity index (χ0v) is 11.8. The third-order valence-corrected chi connectivity index (χ3v) is 2.66. The van der Waals surface area contributed by atoms with Crippen LogP contribution in [0.25, 0.3) is 0 Å². The molecule has 0 aliphatic heterocycles. The van der Waals surface area contributed by atoms with Crippen LogP contribution in [0.5, 0.6) is 0 Å². The maximum absolute atomic E-state index is 11.6. The Hall–Kier alpha value is -2.08. The molecule has 0 saturated heterocycles. The van der Waals surface area contributed by atoms with Crippen LogP contribution >= 0.6 is 0 Å². The van der Waals surface area contributed by atoms with E-state index < -0.39 is 5.97 Å². The highest BCUT2D eigenvalue weighted by atomic mass is 16.4. The Morgan fingerprint density at radius 2 is 2.05 bits per heavy atom. The second-order valence-electron chi connectivity index (χ2n) is 4.78. The van der Waals surface area contributed by atoms with Crippen LogP contribution in [0.3, 0.4) is 0 Å². The first-order valence-corrected chi connectivity index (χ1v) is 6.47. The Balaban J connectivity index is 2.44. The lowest BCUT2D eigenvalue weighted by Crippen LogP contribution is -2.34. The molecule has 0 fully saturated rings. The summed E-state index contributed by atoms with van der Waals surface area (Å²) in [4.78, 5) is 24.1. The first-order valence-electron chi connectivity index (χ1n) is 6.47. The van der Waals surface area contributed by atoms with E-state index in [1.165, 1.54) is 0 Å². The van der Waals surface area contributed by atoms with Crippen molar-refractivity contribution in [3.63, 3.8) is 0 Å². The molecule has 0 aliphatic rings. The van der Waals surface area contributed by atoms with E-state index in [0.717, 1.165) is 12.1 Å². The Bertz CT molecular complexity index is 461. The fourth-order valence-electron chi connectivity index (χ4n) is 1.62. The molecule has 0 atom stereocenters. The number of aliphatic carboxylic acids is 1. The zero-order valence-electron chi connectivity index (χ0n) is 11.8. The molecule has 0 aliphatic carbocycles. The normalized spacial score (nSPS) is 10.3. The molecule has 1 aromatic carbocycles. The fraction of sp³-hybridized carbons (Fsp3) is 0.429. The van der Waals surface area contributed by atoms with E-state index in [2.05, 4.69) is 10.6 Å². The number of aryl methyl sites for hydroxylation is 1. The Morgan fingerprint density at radius 1 is 1.30 bits per heavy atom. The predicted molar refractivity (Wildman–Crippen MR) is 78.0 cm³/mol. The Kier molecular flexibility index (Phi) is 6.52. The fourth-order valence-corrected chi connectivity index (χ4v) is 1.62. The van der Waals surface area contributed by atoms with Crippen molar-refractivity contribution in [1.29, 1.82) is 0 Å². The van der Waals surface area contributed by atoms with Gasteiger partial charge in [0, 0.05) is 25.2 Å². The topological polar surface area (TPSA) is 81.7 Å².